The van der Waals surface area contributed by atoms with Crippen molar-refractivity contribution in [1.29, 1.82) is 0 Å². The lowest BCUT2D eigenvalue weighted by molar-refractivity contribution is -0.314. The molecule has 0 bridgehead atoms. The van der Waals surface area contributed by atoms with Crippen molar-refractivity contribution in [3.8, 4) is 0 Å². The van der Waals surface area contributed by atoms with Crippen LogP contribution in [0.4, 0.5) is 0 Å². The van der Waals surface area contributed by atoms with E-state index >= 15 is 0 Å². The summed E-state index contributed by atoms with van der Waals surface area (Å²) in [5.74, 6) is -3.58. The number of aliphatic carboxylic acids is 2. The molecule has 1 aliphatic rings. The average molecular weight is 168 g/mol. The molecule has 66 valence electrons. The zero-order valence-corrected chi connectivity index (χ0v) is 6.36. The van der Waals surface area contributed by atoms with Crippen LogP contribution in [0.3, 0.4) is 0 Å². The molecule has 0 saturated carbocycles. The van der Waals surface area contributed by atoms with E-state index in [0.717, 1.165) is 0 Å². The highest BCUT2D eigenvalue weighted by Gasteiger charge is 2.16. The fourth-order valence-electron chi connectivity index (χ4n) is 1.21. The zero-order chi connectivity index (χ0) is 9.14. The van der Waals surface area contributed by atoms with Crippen molar-refractivity contribution in [2.75, 3.05) is 0 Å². The van der Waals surface area contributed by atoms with E-state index in [1.165, 1.54) is 12.2 Å². The quantitative estimate of drug-likeness (QED) is 0.449. The van der Waals surface area contributed by atoms with Crippen LogP contribution in [-0.4, -0.2) is 11.9 Å². The molecule has 0 N–H and O–H groups in total. The molecule has 0 spiro atoms. The topological polar surface area (TPSA) is 80.3 Å². The molecule has 2 unspecified atom stereocenters. The Bertz CT molecular complexity index is 207. The molecular weight excluding hydrogens is 160 g/mol. The second-order valence-electron chi connectivity index (χ2n) is 2.81. The van der Waals surface area contributed by atoms with Crippen LogP contribution in [0.5, 0.6) is 0 Å². The van der Waals surface area contributed by atoms with Gasteiger partial charge in [0.2, 0.25) is 0 Å². The molecule has 0 radical (unpaired) electrons. The van der Waals surface area contributed by atoms with Crippen molar-refractivity contribution in [2.45, 2.75) is 12.8 Å². The smallest absolute Gasteiger partial charge is 0.0483 e. The maximum atomic E-state index is 10.3. The first kappa shape index (κ1) is 8.77. The summed E-state index contributed by atoms with van der Waals surface area (Å²) in [5, 5.41) is 20.6. The molecule has 0 aromatic carbocycles. The van der Waals surface area contributed by atoms with Crippen molar-refractivity contribution in [3.63, 3.8) is 0 Å². The molecule has 1 aliphatic carbocycles. The number of hydrogen-bond donors (Lipinski definition) is 0. The Labute approximate surface area is 69.5 Å². The molecule has 0 aromatic rings. The van der Waals surface area contributed by atoms with Gasteiger partial charge < -0.3 is 19.8 Å². The fraction of sp³-hybridized carbons (Fsp3) is 0.500. The molecule has 4 nitrogen and oxygen atoms in total. The second-order valence-corrected chi connectivity index (χ2v) is 2.81. The van der Waals surface area contributed by atoms with Crippen LogP contribution in [0.15, 0.2) is 12.2 Å². The Kier molecular flexibility index (Phi) is 2.47. The van der Waals surface area contributed by atoms with E-state index < -0.39 is 23.8 Å². The van der Waals surface area contributed by atoms with Crippen LogP contribution in [0.2, 0.25) is 0 Å². The van der Waals surface area contributed by atoms with Gasteiger partial charge in [-0.1, -0.05) is 12.2 Å². The number of rotatable bonds is 2. The molecule has 0 fully saturated rings. The van der Waals surface area contributed by atoms with Gasteiger partial charge in [-0.2, -0.15) is 0 Å². The molecule has 0 amide bonds. The lowest BCUT2D eigenvalue weighted by Gasteiger charge is -2.23. The van der Waals surface area contributed by atoms with Crippen LogP contribution in [0.1, 0.15) is 12.8 Å². The largest absolute Gasteiger partial charge is 0.550 e. The van der Waals surface area contributed by atoms with Crippen molar-refractivity contribution in [1.82, 2.24) is 0 Å². The summed E-state index contributed by atoms with van der Waals surface area (Å²) in [5.41, 5.74) is 0. The van der Waals surface area contributed by atoms with Crippen LogP contribution < -0.4 is 10.2 Å². The summed E-state index contributed by atoms with van der Waals surface area (Å²) in [6.45, 7) is 0. The minimum atomic E-state index is -1.15. The van der Waals surface area contributed by atoms with Crippen LogP contribution in [-0.2, 0) is 9.59 Å². The van der Waals surface area contributed by atoms with Gasteiger partial charge in [-0.15, -0.1) is 0 Å². The number of carbonyl (C=O) groups excluding carboxylic acids is 2. The van der Waals surface area contributed by atoms with Crippen LogP contribution in [0.25, 0.3) is 0 Å². The van der Waals surface area contributed by atoms with Crippen LogP contribution >= 0.6 is 0 Å². The van der Waals surface area contributed by atoms with E-state index in [-0.39, 0.29) is 0 Å². The normalized spacial score (nSPS) is 28.3. The number of hydrogen-bond acceptors (Lipinski definition) is 4. The monoisotopic (exact) mass is 168 g/mol. The number of carboxylic acid groups (broad SMARTS) is 2. The van der Waals surface area contributed by atoms with E-state index in [1.54, 1.807) is 0 Å². The predicted molar refractivity (Wildman–Crippen MR) is 35.4 cm³/mol. The van der Waals surface area contributed by atoms with Gasteiger partial charge in [0.15, 0.2) is 0 Å². The molecule has 0 heterocycles. The summed E-state index contributed by atoms with van der Waals surface area (Å²) >= 11 is 0. The van der Waals surface area contributed by atoms with Gasteiger partial charge in [0.25, 0.3) is 0 Å². The van der Waals surface area contributed by atoms with Gasteiger partial charge in [-0.05, 0) is 12.8 Å². The molecule has 4 heteroatoms. The van der Waals surface area contributed by atoms with Gasteiger partial charge >= 0.3 is 0 Å². The van der Waals surface area contributed by atoms with Gasteiger partial charge in [-0.25, -0.2) is 0 Å². The van der Waals surface area contributed by atoms with Crippen molar-refractivity contribution >= 4 is 11.9 Å². The molecular formula is C8H8O4-2. The standard InChI is InChI=1S/C8H10O4/c9-7(10)5-1-2-6(4-3-5)8(11)12/h1-2,5-6H,3-4H2,(H,9,10)(H,11,12)/p-2. The van der Waals surface area contributed by atoms with Crippen LogP contribution in [0, 0.1) is 11.8 Å². The molecule has 1 rings (SSSR count). The van der Waals surface area contributed by atoms with Crippen molar-refractivity contribution in [2.24, 2.45) is 11.8 Å². The second kappa shape index (κ2) is 3.38. The first-order chi connectivity index (χ1) is 5.61. The Balaban J connectivity index is 2.59. The van der Waals surface area contributed by atoms with Crippen molar-refractivity contribution < 1.29 is 19.8 Å². The molecule has 0 aliphatic heterocycles. The van der Waals surface area contributed by atoms with E-state index in [2.05, 4.69) is 0 Å². The third-order valence-electron chi connectivity index (χ3n) is 1.97. The maximum Gasteiger partial charge on any atom is 0.0483 e. The Morgan fingerprint density at radius 2 is 1.33 bits per heavy atom. The first-order valence-corrected chi connectivity index (χ1v) is 3.71. The Morgan fingerprint density at radius 3 is 1.50 bits per heavy atom. The van der Waals surface area contributed by atoms with Gasteiger partial charge in [0, 0.05) is 23.8 Å². The first-order valence-electron chi connectivity index (χ1n) is 3.71. The number of carbonyl (C=O) groups is 2. The Morgan fingerprint density at radius 1 is 1.00 bits per heavy atom. The van der Waals surface area contributed by atoms with E-state index in [1.807, 2.05) is 0 Å². The molecule has 2 atom stereocenters. The van der Waals surface area contributed by atoms with Gasteiger partial charge in [0.05, 0.1) is 0 Å². The lowest BCUT2D eigenvalue weighted by Crippen LogP contribution is -2.36. The van der Waals surface area contributed by atoms with E-state index in [9.17, 15) is 19.8 Å². The van der Waals surface area contributed by atoms with Crippen molar-refractivity contribution in [3.05, 3.63) is 12.2 Å². The highest BCUT2D eigenvalue weighted by molar-refractivity contribution is 5.73. The predicted octanol–water partition coefficient (Wildman–Crippen LogP) is -1.93. The Hall–Kier alpha value is -1.32. The highest BCUT2D eigenvalue weighted by Crippen LogP contribution is 2.21. The minimum absolute atomic E-state index is 0.317. The fourth-order valence-corrected chi connectivity index (χ4v) is 1.21. The summed E-state index contributed by atoms with van der Waals surface area (Å²) in [4.78, 5) is 20.6. The molecule has 0 aromatic heterocycles. The molecule has 12 heavy (non-hydrogen) atoms. The SMILES string of the molecule is O=C([O-])C1C=CC(C(=O)[O-])CC1. The average Bonchev–Trinajstić information content (AvgIpc) is 2.04. The number of carboxylic acids is 2. The maximum absolute atomic E-state index is 10.3. The summed E-state index contributed by atoms with van der Waals surface area (Å²) in [6, 6.07) is 0. The molecule has 0 saturated heterocycles. The third-order valence-corrected chi connectivity index (χ3v) is 1.97. The van der Waals surface area contributed by atoms with E-state index in [0.29, 0.717) is 12.8 Å². The minimum Gasteiger partial charge on any atom is -0.550 e. The van der Waals surface area contributed by atoms with Gasteiger partial charge in [-0.3, -0.25) is 0 Å². The zero-order valence-electron chi connectivity index (χ0n) is 6.36. The van der Waals surface area contributed by atoms with Gasteiger partial charge in [0.1, 0.15) is 0 Å². The summed E-state index contributed by atoms with van der Waals surface area (Å²) in [7, 11) is 0. The summed E-state index contributed by atoms with van der Waals surface area (Å²) < 4.78 is 0. The summed E-state index contributed by atoms with van der Waals surface area (Å²) in [6.07, 6.45) is 3.35. The van der Waals surface area contributed by atoms with E-state index in [4.69, 9.17) is 0 Å². The lowest BCUT2D eigenvalue weighted by atomic mass is 9.89. The highest BCUT2D eigenvalue weighted by atomic mass is 16.4. The third kappa shape index (κ3) is 1.84.